The largest absolute Gasteiger partial charge is 0.493 e. The molecule has 1 spiro atoms. The van der Waals surface area contributed by atoms with Gasteiger partial charge in [0.15, 0.2) is 0 Å². The number of hydrogen-bond acceptors (Lipinski definition) is 3. The summed E-state index contributed by atoms with van der Waals surface area (Å²) in [6, 6.07) is 8.28. The lowest BCUT2D eigenvalue weighted by atomic mass is 9.76. The molecule has 0 bridgehead atoms. The Hall–Kier alpha value is -2.56. The minimum absolute atomic E-state index is 0.161. The Morgan fingerprint density at radius 1 is 1.09 bits per heavy atom. The van der Waals surface area contributed by atoms with Gasteiger partial charge in [0.2, 0.25) is 5.91 Å². The maximum atomic E-state index is 13.4. The first kappa shape index (κ1) is 12.0. The molecule has 2 aromatic carbocycles. The van der Waals surface area contributed by atoms with Gasteiger partial charge in [0.1, 0.15) is 29.3 Å². The van der Waals surface area contributed by atoms with Crippen LogP contribution in [0.4, 0.5) is 10.1 Å². The van der Waals surface area contributed by atoms with Gasteiger partial charge in [0, 0.05) is 23.7 Å². The molecule has 3 aliphatic heterocycles. The van der Waals surface area contributed by atoms with Crippen molar-refractivity contribution in [3.63, 3.8) is 0 Å². The molecule has 0 aromatic heterocycles. The highest BCUT2D eigenvalue weighted by atomic mass is 19.1. The van der Waals surface area contributed by atoms with Gasteiger partial charge in [-0.2, -0.15) is 0 Å². The minimum Gasteiger partial charge on any atom is -0.493 e. The van der Waals surface area contributed by atoms with Gasteiger partial charge in [0.05, 0.1) is 6.61 Å². The fourth-order valence-electron chi connectivity index (χ4n) is 3.68. The van der Waals surface area contributed by atoms with Crippen molar-refractivity contribution in [2.75, 3.05) is 18.5 Å². The number of rotatable bonds is 0. The minimum atomic E-state index is -0.879. The average Bonchev–Trinajstić information content (AvgIpc) is 3.15. The quantitative estimate of drug-likeness (QED) is 0.812. The average molecular weight is 297 g/mol. The first-order valence-corrected chi connectivity index (χ1v) is 7.23. The van der Waals surface area contributed by atoms with E-state index in [1.54, 1.807) is 6.07 Å². The molecule has 0 saturated heterocycles. The molecule has 5 heteroatoms. The summed E-state index contributed by atoms with van der Waals surface area (Å²) in [5.74, 6) is 0.977. The number of benzene rings is 2. The van der Waals surface area contributed by atoms with Crippen molar-refractivity contribution >= 4 is 11.6 Å². The van der Waals surface area contributed by atoms with Crippen molar-refractivity contribution in [2.45, 2.75) is 11.8 Å². The molecule has 4 nitrogen and oxygen atoms in total. The molecule has 1 unspecified atom stereocenters. The zero-order valence-corrected chi connectivity index (χ0v) is 11.6. The Morgan fingerprint density at radius 3 is 2.91 bits per heavy atom. The van der Waals surface area contributed by atoms with Gasteiger partial charge in [-0.1, -0.05) is 6.07 Å². The molecule has 5 rings (SSSR count). The van der Waals surface area contributed by atoms with E-state index in [0.29, 0.717) is 18.0 Å². The third-order valence-corrected chi connectivity index (χ3v) is 4.77. The zero-order chi connectivity index (χ0) is 14.9. The molecule has 0 saturated carbocycles. The molecule has 0 aliphatic carbocycles. The van der Waals surface area contributed by atoms with Gasteiger partial charge in [0.25, 0.3) is 0 Å². The van der Waals surface area contributed by atoms with Crippen molar-refractivity contribution in [1.82, 2.24) is 0 Å². The van der Waals surface area contributed by atoms with Gasteiger partial charge in [-0.3, -0.25) is 4.79 Å². The van der Waals surface area contributed by atoms with E-state index in [1.165, 1.54) is 12.1 Å². The summed E-state index contributed by atoms with van der Waals surface area (Å²) in [6.45, 7) is 0.884. The number of nitrogens with one attached hydrogen (secondary N) is 1. The number of halogens is 1. The number of amides is 1. The Labute approximate surface area is 125 Å². The van der Waals surface area contributed by atoms with E-state index in [9.17, 15) is 9.18 Å². The Bertz CT molecular complexity index is 848. The van der Waals surface area contributed by atoms with Gasteiger partial charge in [-0.05, 0) is 29.3 Å². The second-order valence-corrected chi connectivity index (χ2v) is 5.89. The number of anilines is 1. The van der Waals surface area contributed by atoms with Crippen LogP contribution >= 0.6 is 0 Å². The molecular formula is C17H12FNO3. The lowest BCUT2D eigenvalue weighted by Crippen LogP contribution is -2.37. The summed E-state index contributed by atoms with van der Waals surface area (Å²) in [5.41, 5.74) is 2.36. The van der Waals surface area contributed by atoms with E-state index in [0.717, 1.165) is 28.9 Å². The van der Waals surface area contributed by atoms with Gasteiger partial charge in [-0.15, -0.1) is 0 Å². The van der Waals surface area contributed by atoms with Crippen LogP contribution in [0.5, 0.6) is 11.5 Å². The van der Waals surface area contributed by atoms with E-state index in [2.05, 4.69) is 5.32 Å². The Kier molecular flexibility index (Phi) is 2.08. The molecule has 0 fully saturated rings. The fourth-order valence-corrected chi connectivity index (χ4v) is 3.68. The van der Waals surface area contributed by atoms with Gasteiger partial charge >= 0.3 is 0 Å². The van der Waals surface area contributed by atoms with Crippen molar-refractivity contribution in [3.8, 4) is 11.5 Å². The van der Waals surface area contributed by atoms with Crippen molar-refractivity contribution in [3.05, 3.63) is 52.8 Å². The number of carbonyl (C=O) groups is 1. The maximum Gasteiger partial charge on any atom is 0.243 e. The molecule has 1 N–H and O–H groups in total. The highest BCUT2D eigenvalue weighted by Gasteiger charge is 2.54. The van der Waals surface area contributed by atoms with E-state index < -0.39 is 5.41 Å². The van der Waals surface area contributed by atoms with Gasteiger partial charge in [-0.25, -0.2) is 4.39 Å². The summed E-state index contributed by atoms with van der Waals surface area (Å²) in [6.07, 6.45) is 0.830. The third-order valence-electron chi connectivity index (χ3n) is 4.77. The van der Waals surface area contributed by atoms with Crippen LogP contribution < -0.4 is 14.8 Å². The van der Waals surface area contributed by atoms with E-state index in [1.807, 2.05) is 12.1 Å². The highest BCUT2D eigenvalue weighted by Crippen LogP contribution is 2.52. The smallest absolute Gasteiger partial charge is 0.243 e. The second-order valence-electron chi connectivity index (χ2n) is 5.89. The Balaban J connectivity index is 1.77. The summed E-state index contributed by atoms with van der Waals surface area (Å²) in [4.78, 5) is 12.7. The predicted octanol–water partition coefficient (Wildman–Crippen LogP) is 2.39. The molecule has 22 heavy (non-hydrogen) atoms. The SMILES string of the molecule is O=C1Nc2cc(F)ccc2C12COc1cc3c(cc12)CCO3. The molecule has 110 valence electrons. The molecule has 0 radical (unpaired) electrons. The molecule has 2 aromatic rings. The van der Waals surface area contributed by atoms with Crippen LogP contribution in [0.3, 0.4) is 0 Å². The zero-order valence-electron chi connectivity index (χ0n) is 11.6. The van der Waals surface area contributed by atoms with Crippen molar-refractivity contribution in [1.29, 1.82) is 0 Å². The summed E-state index contributed by atoms with van der Waals surface area (Å²) >= 11 is 0. The van der Waals surface area contributed by atoms with Crippen LogP contribution in [-0.2, 0) is 16.6 Å². The first-order chi connectivity index (χ1) is 10.7. The number of hydrogen-bond donors (Lipinski definition) is 1. The standard InChI is InChI=1S/C17H12FNO3/c18-10-1-2-11-13(6-10)19-16(20)17(11)8-22-15-7-14-9(3-4-21-14)5-12(15)17/h1-2,5-7H,3-4,8H2,(H,19,20). The van der Waals surface area contributed by atoms with Gasteiger partial charge < -0.3 is 14.8 Å². The lowest BCUT2D eigenvalue weighted by Gasteiger charge is -2.20. The van der Waals surface area contributed by atoms with Crippen LogP contribution in [0.15, 0.2) is 30.3 Å². The summed E-state index contributed by atoms with van der Waals surface area (Å²) < 4.78 is 24.8. The molecule has 3 aliphatic rings. The fraction of sp³-hybridized carbons (Fsp3) is 0.235. The highest BCUT2D eigenvalue weighted by molar-refractivity contribution is 6.09. The van der Waals surface area contributed by atoms with Crippen LogP contribution in [0.1, 0.15) is 16.7 Å². The molecule has 3 heterocycles. The van der Waals surface area contributed by atoms with Crippen molar-refractivity contribution in [2.24, 2.45) is 0 Å². The molecule has 1 amide bonds. The van der Waals surface area contributed by atoms with E-state index in [4.69, 9.17) is 9.47 Å². The van der Waals surface area contributed by atoms with E-state index >= 15 is 0 Å². The van der Waals surface area contributed by atoms with Crippen molar-refractivity contribution < 1.29 is 18.7 Å². The topological polar surface area (TPSA) is 47.6 Å². The number of ether oxygens (including phenoxy) is 2. The summed E-state index contributed by atoms with van der Waals surface area (Å²) in [7, 11) is 0. The van der Waals surface area contributed by atoms with E-state index in [-0.39, 0.29) is 18.3 Å². The van der Waals surface area contributed by atoms with Crippen LogP contribution in [-0.4, -0.2) is 19.1 Å². The Morgan fingerprint density at radius 2 is 2.00 bits per heavy atom. The van der Waals surface area contributed by atoms with Crippen LogP contribution in [0.2, 0.25) is 0 Å². The molecule has 1 atom stereocenters. The monoisotopic (exact) mass is 297 g/mol. The van der Waals surface area contributed by atoms with Crippen LogP contribution in [0, 0.1) is 5.82 Å². The second kappa shape index (κ2) is 3.80. The summed E-state index contributed by atoms with van der Waals surface area (Å²) in [5, 5.41) is 2.79. The lowest BCUT2D eigenvalue weighted by molar-refractivity contribution is -0.119. The first-order valence-electron chi connectivity index (χ1n) is 7.23. The predicted molar refractivity (Wildman–Crippen MR) is 76.9 cm³/mol. The molecular weight excluding hydrogens is 285 g/mol. The third kappa shape index (κ3) is 1.29. The normalized spacial score (nSPS) is 23.6. The van der Waals surface area contributed by atoms with Crippen LogP contribution in [0.25, 0.3) is 0 Å². The number of carbonyl (C=O) groups excluding carboxylic acids is 1. The number of fused-ring (bicyclic) bond motifs is 5. The maximum absolute atomic E-state index is 13.4.